The molecule has 7 nitrogen and oxygen atoms in total. The van der Waals surface area contributed by atoms with E-state index in [1.807, 2.05) is 42.5 Å². The van der Waals surface area contributed by atoms with E-state index in [9.17, 15) is 19.8 Å². The first-order valence-electron chi connectivity index (χ1n) is 12.3. The van der Waals surface area contributed by atoms with Crippen LogP contribution in [0, 0.1) is 0 Å². The van der Waals surface area contributed by atoms with E-state index in [2.05, 4.69) is 0 Å². The second-order valence-corrected chi connectivity index (χ2v) is 9.00. The van der Waals surface area contributed by atoms with E-state index in [4.69, 9.17) is 9.47 Å². The van der Waals surface area contributed by atoms with Crippen LogP contribution in [0.25, 0.3) is 16.5 Å². The first-order chi connectivity index (χ1) is 18.4. The molecule has 1 fully saturated rings. The number of carbonyl (C=O) groups excluding carboxylic acids is 2. The summed E-state index contributed by atoms with van der Waals surface area (Å²) in [6.45, 7) is 2.24. The summed E-state index contributed by atoms with van der Waals surface area (Å²) in [5.74, 6) is -0.923. The molecule has 192 valence electrons. The maximum Gasteiger partial charge on any atom is 0.295 e. The Labute approximate surface area is 220 Å². The fraction of sp³-hybridized carbons (Fsp3) is 0.161. The number of phenolic OH excluding ortho intramolecular Hbond substituents is 1. The molecule has 0 aromatic heterocycles. The molecule has 0 spiro atoms. The number of benzene rings is 4. The number of rotatable bonds is 7. The molecule has 1 heterocycles. The van der Waals surface area contributed by atoms with E-state index < -0.39 is 17.7 Å². The number of amides is 1. The highest BCUT2D eigenvalue weighted by Gasteiger charge is 2.46. The maximum atomic E-state index is 13.4. The van der Waals surface area contributed by atoms with Gasteiger partial charge in [0, 0.05) is 12.1 Å². The van der Waals surface area contributed by atoms with Crippen LogP contribution in [0.2, 0.25) is 0 Å². The molecular weight excluding hydrogens is 482 g/mol. The van der Waals surface area contributed by atoms with Crippen molar-refractivity contribution in [2.24, 2.45) is 0 Å². The van der Waals surface area contributed by atoms with Crippen LogP contribution < -0.4 is 9.47 Å². The van der Waals surface area contributed by atoms with E-state index in [1.165, 1.54) is 11.0 Å². The van der Waals surface area contributed by atoms with Crippen LogP contribution in [0.5, 0.6) is 17.2 Å². The molecule has 1 aliphatic heterocycles. The number of ketones is 1. The van der Waals surface area contributed by atoms with Gasteiger partial charge in [-0.1, -0.05) is 54.6 Å². The van der Waals surface area contributed by atoms with Crippen LogP contribution in [0.4, 0.5) is 0 Å². The second-order valence-electron chi connectivity index (χ2n) is 9.00. The SMILES string of the molecule is CCOc1cc(C2/C(=C(\O)c3ccc4ccccc4c3)C(=O)C(=O)N2Cc2ccc(OC)cc2)ccc1O. The van der Waals surface area contributed by atoms with E-state index in [0.717, 1.165) is 16.3 Å². The van der Waals surface area contributed by atoms with Crippen molar-refractivity contribution in [3.05, 3.63) is 107 Å². The highest BCUT2D eigenvalue weighted by atomic mass is 16.5. The zero-order chi connectivity index (χ0) is 26.8. The molecule has 0 saturated carbocycles. The smallest absolute Gasteiger partial charge is 0.295 e. The van der Waals surface area contributed by atoms with Crippen LogP contribution in [-0.4, -0.2) is 40.5 Å². The van der Waals surface area contributed by atoms with E-state index >= 15 is 0 Å². The van der Waals surface area contributed by atoms with Gasteiger partial charge in [-0.3, -0.25) is 9.59 Å². The number of aliphatic hydroxyl groups excluding tert-OH is 1. The van der Waals surface area contributed by atoms with Gasteiger partial charge in [0.25, 0.3) is 11.7 Å². The van der Waals surface area contributed by atoms with Crippen molar-refractivity contribution in [1.82, 2.24) is 4.90 Å². The highest BCUT2D eigenvalue weighted by Crippen LogP contribution is 2.42. The highest BCUT2D eigenvalue weighted by molar-refractivity contribution is 6.46. The lowest BCUT2D eigenvalue weighted by Crippen LogP contribution is -2.29. The van der Waals surface area contributed by atoms with Gasteiger partial charge in [0.15, 0.2) is 11.5 Å². The summed E-state index contributed by atoms with van der Waals surface area (Å²) < 4.78 is 10.8. The number of aromatic hydroxyl groups is 1. The third-order valence-corrected chi connectivity index (χ3v) is 6.67. The summed E-state index contributed by atoms with van der Waals surface area (Å²) >= 11 is 0. The van der Waals surface area contributed by atoms with E-state index in [-0.39, 0.29) is 29.4 Å². The summed E-state index contributed by atoms with van der Waals surface area (Å²) in [4.78, 5) is 28.2. The minimum Gasteiger partial charge on any atom is -0.507 e. The second kappa shape index (κ2) is 10.3. The molecular formula is C31H27NO6. The van der Waals surface area contributed by atoms with Gasteiger partial charge >= 0.3 is 0 Å². The molecule has 5 rings (SSSR count). The Morgan fingerprint density at radius 3 is 2.37 bits per heavy atom. The van der Waals surface area contributed by atoms with Crippen molar-refractivity contribution >= 4 is 28.2 Å². The van der Waals surface area contributed by atoms with Crippen molar-refractivity contribution in [1.29, 1.82) is 0 Å². The zero-order valence-corrected chi connectivity index (χ0v) is 21.0. The Hall–Kier alpha value is -4.78. The lowest BCUT2D eigenvalue weighted by atomic mass is 9.94. The van der Waals surface area contributed by atoms with E-state index in [1.54, 1.807) is 50.4 Å². The maximum absolute atomic E-state index is 13.4. The molecule has 7 heteroatoms. The molecule has 1 atom stereocenters. The van der Waals surface area contributed by atoms with Crippen molar-refractivity contribution < 1.29 is 29.3 Å². The average molecular weight is 510 g/mol. The van der Waals surface area contributed by atoms with Crippen molar-refractivity contribution in [2.75, 3.05) is 13.7 Å². The number of likely N-dealkylation sites (tertiary alicyclic amines) is 1. The summed E-state index contributed by atoms with van der Waals surface area (Å²) in [5, 5.41) is 23.6. The van der Waals surface area contributed by atoms with Gasteiger partial charge in [0.05, 0.1) is 25.3 Å². The Morgan fingerprint density at radius 1 is 0.921 bits per heavy atom. The van der Waals surface area contributed by atoms with Gasteiger partial charge < -0.3 is 24.6 Å². The molecule has 38 heavy (non-hydrogen) atoms. The minimum atomic E-state index is -0.900. The predicted molar refractivity (Wildman–Crippen MR) is 144 cm³/mol. The van der Waals surface area contributed by atoms with Gasteiger partial charge in [-0.2, -0.15) is 0 Å². The fourth-order valence-corrected chi connectivity index (χ4v) is 4.78. The van der Waals surface area contributed by atoms with Crippen LogP contribution >= 0.6 is 0 Å². The van der Waals surface area contributed by atoms with Gasteiger partial charge in [-0.05, 0) is 59.2 Å². The number of nitrogens with zero attached hydrogens (tertiary/aromatic N) is 1. The molecule has 1 unspecified atom stereocenters. The molecule has 0 radical (unpaired) electrons. The first kappa shape index (κ1) is 24.9. The van der Waals surface area contributed by atoms with E-state index in [0.29, 0.717) is 23.5 Å². The molecule has 4 aromatic rings. The van der Waals surface area contributed by atoms with Crippen LogP contribution in [0.1, 0.15) is 29.7 Å². The van der Waals surface area contributed by atoms with Gasteiger partial charge in [0.1, 0.15) is 11.5 Å². The molecule has 4 aromatic carbocycles. The van der Waals surface area contributed by atoms with Crippen molar-refractivity contribution in [2.45, 2.75) is 19.5 Å². The standard InChI is InChI=1S/C31H27NO6/c1-3-38-26-17-22(12-15-25(26)33)28-27(29(34)23-11-10-20-6-4-5-7-21(20)16-23)30(35)31(36)32(28)18-19-8-13-24(37-2)14-9-19/h4-17,28,33-34H,3,18H2,1-2H3/b29-27+. The van der Waals surface area contributed by atoms with Crippen molar-refractivity contribution in [3.63, 3.8) is 0 Å². The van der Waals surface area contributed by atoms with Crippen LogP contribution in [0.15, 0.2) is 90.5 Å². The number of ether oxygens (including phenoxy) is 2. The van der Waals surface area contributed by atoms with Crippen molar-refractivity contribution in [3.8, 4) is 17.2 Å². The lowest BCUT2D eigenvalue weighted by molar-refractivity contribution is -0.140. The minimum absolute atomic E-state index is 0.0214. The molecule has 2 N–H and O–H groups in total. The Balaban J connectivity index is 1.66. The van der Waals surface area contributed by atoms with Crippen LogP contribution in [-0.2, 0) is 16.1 Å². The lowest BCUT2D eigenvalue weighted by Gasteiger charge is -2.26. The Bertz CT molecular complexity index is 1560. The number of hydrogen-bond donors (Lipinski definition) is 2. The zero-order valence-electron chi connectivity index (χ0n) is 21.0. The number of hydrogen-bond acceptors (Lipinski definition) is 6. The Morgan fingerprint density at radius 2 is 1.66 bits per heavy atom. The summed E-state index contributed by atoms with van der Waals surface area (Å²) in [6, 6.07) is 24.1. The number of methoxy groups -OCH3 is 1. The molecule has 0 aliphatic carbocycles. The molecule has 1 amide bonds. The topological polar surface area (TPSA) is 96.3 Å². The predicted octanol–water partition coefficient (Wildman–Crippen LogP) is 5.57. The number of aliphatic hydroxyl groups is 1. The summed E-state index contributed by atoms with van der Waals surface area (Å²) in [5.41, 5.74) is 1.72. The third kappa shape index (κ3) is 4.54. The molecule has 1 saturated heterocycles. The quantitative estimate of drug-likeness (QED) is 0.192. The van der Waals surface area contributed by atoms with Gasteiger partial charge in [-0.25, -0.2) is 0 Å². The monoisotopic (exact) mass is 509 g/mol. The average Bonchev–Trinajstić information content (AvgIpc) is 3.19. The number of phenols is 1. The summed E-state index contributed by atoms with van der Waals surface area (Å²) in [7, 11) is 1.57. The normalized spacial score (nSPS) is 16.7. The number of Topliss-reactive ketones (excluding diaryl/α,β-unsaturated/α-hetero) is 1. The molecule has 1 aliphatic rings. The first-order valence-corrected chi connectivity index (χ1v) is 12.3. The number of carbonyl (C=O) groups is 2. The number of fused-ring (bicyclic) bond motifs is 1. The summed E-state index contributed by atoms with van der Waals surface area (Å²) in [6.07, 6.45) is 0. The van der Waals surface area contributed by atoms with Gasteiger partial charge in [-0.15, -0.1) is 0 Å². The largest absolute Gasteiger partial charge is 0.507 e. The fourth-order valence-electron chi connectivity index (χ4n) is 4.78. The Kier molecular flexibility index (Phi) is 6.75. The third-order valence-electron chi connectivity index (χ3n) is 6.67. The van der Waals surface area contributed by atoms with Gasteiger partial charge in [0.2, 0.25) is 0 Å². The van der Waals surface area contributed by atoms with Crippen LogP contribution in [0.3, 0.4) is 0 Å². The molecule has 0 bridgehead atoms.